The molecule has 1 aromatic carbocycles. The van der Waals surface area contributed by atoms with E-state index in [9.17, 15) is 0 Å². The van der Waals surface area contributed by atoms with Crippen LogP contribution in [0, 0.1) is 5.92 Å². The van der Waals surface area contributed by atoms with E-state index in [1.165, 1.54) is 30.4 Å². The fraction of sp³-hybridized carbons (Fsp3) is 0.500. The number of hydrogen-bond donors (Lipinski definition) is 0. The predicted octanol–water partition coefficient (Wildman–Crippen LogP) is 2.82. The molecule has 0 heterocycles. The lowest BCUT2D eigenvalue weighted by Crippen LogP contribution is -1.95. The Kier molecular flexibility index (Phi) is 2.26. The highest BCUT2D eigenvalue weighted by atomic mass is 16.5. The van der Waals surface area contributed by atoms with Gasteiger partial charge in [-0.25, -0.2) is 0 Å². The van der Waals surface area contributed by atoms with E-state index in [0.717, 1.165) is 11.7 Å². The van der Waals surface area contributed by atoms with Crippen molar-refractivity contribution in [3.63, 3.8) is 0 Å². The van der Waals surface area contributed by atoms with Crippen LogP contribution in [0.3, 0.4) is 0 Å². The van der Waals surface area contributed by atoms with Gasteiger partial charge < -0.3 is 4.74 Å². The minimum absolute atomic E-state index is 0.863. The van der Waals surface area contributed by atoms with E-state index in [4.69, 9.17) is 4.74 Å². The van der Waals surface area contributed by atoms with Crippen molar-refractivity contribution in [2.75, 3.05) is 7.11 Å². The molecular weight excluding hydrogens is 160 g/mol. The van der Waals surface area contributed by atoms with E-state index in [1.54, 1.807) is 7.11 Å². The lowest BCUT2D eigenvalue weighted by atomic mass is 10.0. The first-order chi connectivity index (χ1) is 6.33. The average molecular weight is 176 g/mol. The van der Waals surface area contributed by atoms with Crippen molar-refractivity contribution in [2.24, 2.45) is 5.92 Å². The number of ether oxygens (including phenoxy) is 1. The van der Waals surface area contributed by atoms with E-state index in [-0.39, 0.29) is 0 Å². The van der Waals surface area contributed by atoms with Crippen LogP contribution < -0.4 is 4.74 Å². The lowest BCUT2D eigenvalue weighted by Gasteiger charge is -2.02. The molecular formula is C12H16O. The van der Waals surface area contributed by atoms with Gasteiger partial charge in [-0.3, -0.25) is 0 Å². The average Bonchev–Trinajstić information content (AvgIpc) is 2.58. The quantitative estimate of drug-likeness (QED) is 0.673. The highest BCUT2D eigenvalue weighted by molar-refractivity contribution is 5.39. The Balaban J connectivity index is 2.25. The van der Waals surface area contributed by atoms with Gasteiger partial charge in [0.25, 0.3) is 0 Å². The lowest BCUT2D eigenvalue weighted by molar-refractivity contribution is 0.414. The molecule has 0 saturated carbocycles. The zero-order valence-corrected chi connectivity index (χ0v) is 8.34. The number of methoxy groups -OCH3 is 1. The summed E-state index contributed by atoms with van der Waals surface area (Å²) >= 11 is 0. The maximum absolute atomic E-state index is 5.21. The first-order valence-electron chi connectivity index (χ1n) is 4.99. The largest absolute Gasteiger partial charge is 0.497 e. The number of benzene rings is 1. The van der Waals surface area contributed by atoms with Crippen molar-refractivity contribution in [3.8, 4) is 5.75 Å². The third-order valence-corrected chi connectivity index (χ3v) is 3.01. The van der Waals surface area contributed by atoms with E-state index >= 15 is 0 Å². The number of rotatable bonds is 2. The van der Waals surface area contributed by atoms with Gasteiger partial charge in [0.15, 0.2) is 0 Å². The molecule has 1 heteroatoms. The second kappa shape index (κ2) is 3.41. The summed E-state index contributed by atoms with van der Waals surface area (Å²) in [6.07, 6.45) is 3.79. The topological polar surface area (TPSA) is 9.23 Å². The third-order valence-electron chi connectivity index (χ3n) is 3.01. The van der Waals surface area contributed by atoms with E-state index in [0.29, 0.717) is 0 Å². The van der Waals surface area contributed by atoms with Gasteiger partial charge in [0.1, 0.15) is 5.75 Å². The van der Waals surface area contributed by atoms with E-state index in [1.807, 2.05) is 0 Å². The van der Waals surface area contributed by atoms with E-state index < -0.39 is 0 Å². The van der Waals surface area contributed by atoms with Gasteiger partial charge in [-0.05, 0) is 42.0 Å². The Morgan fingerprint density at radius 3 is 2.77 bits per heavy atom. The summed E-state index contributed by atoms with van der Waals surface area (Å²) in [6.45, 7) is 2.27. The van der Waals surface area contributed by atoms with Crippen LogP contribution in [0.2, 0.25) is 0 Å². The van der Waals surface area contributed by atoms with Gasteiger partial charge in [0, 0.05) is 0 Å². The molecule has 1 unspecified atom stereocenters. The van der Waals surface area contributed by atoms with Gasteiger partial charge in [-0.2, -0.15) is 0 Å². The number of hydrogen-bond acceptors (Lipinski definition) is 1. The van der Waals surface area contributed by atoms with Crippen molar-refractivity contribution in [1.82, 2.24) is 0 Å². The molecule has 0 aromatic heterocycles. The standard InChI is InChI=1S/C12H16O/c1-3-9-6-10-4-5-12(13-2)8-11(10)7-9/h4-5,8-9H,3,6-7H2,1-2H3. The summed E-state index contributed by atoms with van der Waals surface area (Å²) in [5.41, 5.74) is 3.01. The van der Waals surface area contributed by atoms with Crippen LogP contribution in [0.4, 0.5) is 0 Å². The highest BCUT2D eigenvalue weighted by Gasteiger charge is 2.19. The molecule has 2 rings (SSSR count). The Morgan fingerprint density at radius 1 is 1.31 bits per heavy atom. The summed E-state index contributed by atoms with van der Waals surface area (Å²) in [7, 11) is 1.73. The summed E-state index contributed by atoms with van der Waals surface area (Å²) < 4.78 is 5.21. The van der Waals surface area contributed by atoms with E-state index in [2.05, 4.69) is 25.1 Å². The maximum atomic E-state index is 5.21. The third kappa shape index (κ3) is 1.55. The molecule has 0 amide bonds. The summed E-state index contributed by atoms with van der Waals surface area (Å²) in [4.78, 5) is 0. The Labute approximate surface area is 79.7 Å². The molecule has 1 aliphatic rings. The molecule has 0 aliphatic heterocycles. The Morgan fingerprint density at radius 2 is 2.08 bits per heavy atom. The second-order valence-corrected chi connectivity index (χ2v) is 3.82. The van der Waals surface area contributed by atoms with Crippen LogP contribution in [0.5, 0.6) is 5.75 Å². The fourth-order valence-electron chi connectivity index (χ4n) is 2.10. The second-order valence-electron chi connectivity index (χ2n) is 3.82. The van der Waals surface area contributed by atoms with Crippen molar-refractivity contribution >= 4 is 0 Å². The first-order valence-corrected chi connectivity index (χ1v) is 4.99. The van der Waals surface area contributed by atoms with Crippen LogP contribution >= 0.6 is 0 Å². The highest BCUT2D eigenvalue weighted by Crippen LogP contribution is 2.31. The minimum atomic E-state index is 0.863. The molecule has 0 bridgehead atoms. The SMILES string of the molecule is CCC1Cc2ccc(OC)cc2C1. The van der Waals surface area contributed by atoms with Crippen molar-refractivity contribution in [1.29, 1.82) is 0 Å². The Hall–Kier alpha value is -0.980. The Bertz CT molecular complexity index is 304. The molecule has 1 aromatic rings. The van der Waals surface area contributed by atoms with Gasteiger partial charge >= 0.3 is 0 Å². The normalized spacial score (nSPS) is 20.0. The van der Waals surface area contributed by atoms with Crippen molar-refractivity contribution < 1.29 is 4.74 Å². The van der Waals surface area contributed by atoms with Gasteiger partial charge in [0.2, 0.25) is 0 Å². The molecule has 1 atom stereocenters. The fourth-order valence-corrected chi connectivity index (χ4v) is 2.10. The first kappa shape index (κ1) is 8.61. The molecule has 0 fully saturated rings. The molecule has 0 spiro atoms. The monoisotopic (exact) mass is 176 g/mol. The summed E-state index contributed by atoms with van der Waals surface area (Å²) in [5.74, 6) is 1.86. The maximum Gasteiger partial charge on any atom is 0.119 e. The van der Waals surface area contributed by atoms with Crippen LogP contribution in [-0.2, 0) is 12.8 Å². The van der Waals surface area contributed by atoms with Crippen LogP contribution in [0.1, 0.15) is 24.5 Å². The molecule has 0 saturated heterocycles. The van der Waals surface area contributed by atoms with Gasteiger partial charge in [0.05, 0.1) is 7.11 Å². The zero-order chi connectivity index (χ0) is 9.26. The smallest absolute Gasteiger partial charge is 0.119 e. The van der Waals surface area contributed by atoms with Gasteiger partial charge in [-0.15, -0.1) is 0 Å². The summed E-state index contributed by atoms with van der Waals surface area (Å²) in [6, 6.07) is 6.46. The van der Waals surface area contributed by atoms with Crippen LogP contribution in [0.25, 0.3) is 0 Å². The van der Waals surface area contributed by atoms with Crippen molar-refractivity contribution in [3.05, 3.63) is 29.3 Å². The van der Waals surface area contributed by atoms with Crippen LogP contribution in [0.15, 0.2) is 18.2 Å². The summed E-state index contributed by atoms with van der Waals surface area (Å²) in [5, 5.41) is 0. The minimum Gasteiger partial charge on any atom is -0.497 e. The molecule has 0 radical (unpaired) electrons. The zero-order valence-electron chi connectivity index (χ0n) is 8.34. The molecule has 13 heavy (non-hydrogen) atoms. The van der Waals surface area contributed by atoms with Crippen LogP contribution in [-0.4, -0.2) is 7.11 Å². The van der Waals surface area contributed by atoms with Gasteiger partial charge in [-0.1, -0.05) is 19.4 Å². The number of fused-ring (bicyclic) bond motifs is 1. The molecule has 1 nitrogen and oxygen atoms in total. The molecule has 0 N–H and O–H groups in total. The predicted molar refractivity (Wildman–Crippen MR) is 54.2 cm³/mol. The molecule has 70 valence electrons. The molecule has 1 aliphatic carbocycles. The van der Waals surface area contributed by atoms with Crippen molar-refractivity contribution in [2.45, 2.75) is 26.2 Å².